The summed E-state index contributed by atoms with van der Waals surface area (Å²) in [6, 6.07) is 11.9. The van der Waals surface area contributed by atoms with Crippen LogP contribution in [0.1, 0.15) is 30.1 Å². The molecular weight excluding hydrogens is 316 g/mol. The molecule has 0 amide bonds. The summed E-state index contributed by atoms with van der Waals surface area (Å²) in [6.45, 7) is 5.41. The van der Waals surface area contributed by atoms with Crippen LogP contribution in [-0.4, -0.2) is 57.9 Å². The average molecular weight is 338 g/mol. The molecule has 1 N–H and O–H groups in total. The number of aromatic nitrogens is 2. The van der Waals surface area contributed by atoms with Crippen molar-refractivity contribution in [3.05, 3.63) is 42.0 Å². The van der Waals surface area contributed by atoms with Gasteiger partial charge in [0, 0.05) is 37.3 Å². The zero-order valence-electron chi connectivity index (χ0n) is 14.3. The highest BCUT2D eigenvalue weighted by atomic mass is 16.4. The first-order valence-electron chi connectivity index (χ1n) is 8.80. The normalized spacial score (nSPS) is 21.3. The number of carboxylic acid groups (broad SMARTS) is 1. The lowest BCUT2D eigenvalue weighted by Gasteiger charge is -2.40. The third kappa shape index (κ3) is 3.35. The van der Waals surface area contributed by atoms with Crippen molar-refractivity contribution < 1.29 is 9.90 Å². The molecule has 1 aliphatic heterocycles. The van der Waals surface area contributed by atoms with Gasteiger partial charge >= 0.3 is 5.97 Å². The van der Waals surface area contributed by atoms with Crippen molar-refractivity contribution in [1.82, 2.24) is 15.1 Å². The maximum absolute atomic E-state index is 10.9. The molecule has 0 spiro atoms. The molecule has 1 saturated carbocycles. The molecule has 4 rings (SSSR count). The van der Waals surface area contributed by atoms with Crippen molar-refractivity contribution in [3.8, 4) is 11.3 Å². The molecule has 1 atom stereocenters. The lowest BCUT2D eigenvalue weighted by atomic mass is 10.1. The Morgan fingerprint density at radius 1 is 1.08 bits per heavy atom. The lowest BCUT2D eigenvalue weighted by molar-refractivity contribution is 0.0697. The number of carboxylic acids is 1. The van der Waals surface area contributed by atoms with E-state index in [4.69, 9.17) is 5.11 Å². The molecule has 1 aromatic carbocycles. The van der Waals surface area contributed by atoms with Gasteiger partial charge in [-0.3, -0.25) is 4.90 Å². The van der Waals surface area contributed by atoms with Crippen LogP contribution in [0.5, 0.6) is 0 Å². The Kier molecular flexibility index (Phi) is 4.13. The van der Waals surface area contributed by atoms with Crippen LogP contribution in [0.4, 0.5) is 5.82 Å². The molecule has 1 aromatic heterocycles. The summed E-state index contributed by atoms with van der Waals surface area (Å²) in [5.41, 5.74) is 1.90. The van der Waals surface area contributed by atoms with Gasteiger partial charge < -0.3 is 10.0 Å². The van der Waals surface area contributed by atoms with Gasteiger partial charge in [-0.25, -0.2) is 4.79 Å². The molecule has 2 heterocycles. The molecule has 2 aliphatic rings. The number of piperazine rings is 1. The van der Waals surface area contributed by atoms with Gasteiger partial charge in [0.2, 0.25) is 0 Å². The summed E-state index contributed by atoms with van der Waals surface area (Å²) in [5.74, 6) is -0.0128. The largest absolute Gasteiger partial charge is 0.478 e. The van der Waals surface area contributed by atoms with E-state index in [2.05, 4.69) is 26.9 Å². The summed E-state index contributed by atoms with van der Waals surface area (Å²) in [7, 11) is 0. The highest BCUT2D eigenvalue weighted by Crippen LogP contribution is 2.30. The van der Waals surface area contributed by atoms with E-state index in [1.807, 2.05) is 12.1 Å². The fourth-order valence-electron chi connectivity index (χ4n) is 3.51. The van der Waals surface area contributed by atoms with Gasteiger partial charge in [-0.15, -0.1) is 10.2 Å². The van der Waals surface area contributed by atoms with Crippen molar-refractivity contribution >= 4 is 11.8 Å². The van der Waals surface area contributed by atoms with Gasteiger partial charge in [0.25, 0.3) is 0 Å². The predicted octanol–water partition coefficient (Wildman–Crippen LogP) is 2.51. The van der Waals surface area contributed by atoms with Gasteiger partial charge in [0.15, 0.2) is 5.82 Å². The van der Waals surface area contributed by atoms with Crippen molar-refractivity contribution in [3.63, 3.8) is 0 Å². The van der Waals surface area contributed by atoms with Crippen LogP contribution < -0.4 is 4.90 Å². The van der Waals surface area contributed by atoms with E-state index in [1.165, 1.54) is 12.8 Å². The molecular formula is C19H22N4O2. The number of benzene rings is 1. The van der Waals surface area contributed by atoms with E-state index in [-0.39, 0.29) is 5.56 Å². The Balaban J connectivity index is 1.47. The summed E-state index contributed by atoms with van der Waals surface area (Å²) in [4.78, 5) is 15.8. The maximum atomic E-state index is 10.9. The van der Waals surface area contributed by atoms with Gasteiger partial charge in [0.1, 0.15) is 0 Å². The van der Waals surface area contributed by atoms with Crippen LogP contribution >= 0.6 is 0 Å². The van der Waals surface area contributed by atoms with Crippen molar-refractivity contribution in [2.24, 2.45) is 0 Å². The van der Waals surface area contributed by atoms with E-state index in [0.29, 0.717) is 6.04 Å². The minimum absolute atomic E-state index is 0.274. The summed E-state index contributed by atoms with van der Waals surface area (Å²) >= 11 is 0. The Bertz CT molecular complexity index is 756. The minimum Gasteiger partial charge on any atom is -0.478 e. The van der Waals surface area contributed by atoms with Crippen LogP contribution in [0.2, 0.25) is 0 Å². The Morgan fingerprint density at radius 2 is 1.84 bits per heavy atom. The predicted molar refractivity (Wildman–Crippen MR) is 95.8 cm³/mol. The number of hydrogen-bond acceptors (Lipinski definition) is 5. The Labute approximate surface area is 147 Å². The van der Waals surface area contributed by atoms with Crippen molar-refractivity contribution in [2.75, 3.05) is 24.5 Å². The Hall–Kier alpha value is -2.47. The van der Waals surface area contributed by atoms with Crippen molar-refractivity contribution in [2.45, 2.75) is 31.8 Å². The third-order valence-electron chi connectivity index (χ3n) is 5.09. The molecule has 2 fully saturated rings. The van der Waals surface area contributed by atoms with Gasteiger partial charge in [-0.1, -0.05) is 12.1 Å². The Morgan fingerprint density at radius 3 is 2.40 bits per heavy atom. The fraction of sp³-hybridized carbons (Fsp3) is 0.421. The first-order valence-corrected chi connectivity index (χ1v) is 8.80. The maximum Gasteiger partial charge on any atom is 0.335 e. The number of anilines is 1. The van der Waals surface area contributed by atoms with Crippen LogP contribution in [0.15, 0.2) is 36.4 Å². The minimum atomic E-state index is -0.924. The first-order chi connectivity index (χ1) is 12.1. The van der Waals surface area contributed by atoms with Crippen molar-refractivity contribution in [1.29, 1.82) is 0 Å². The van der Waals surface area contributed by atoms with Gasteiger partial charge in [-0.05, 0) is 44.0 Å². The summed E-state index contributed by atoms with van der Waals surface area (Å²) in [6.07, 6.45) is 2.70. The quantitative estimate of drug-likeness (QED) is 0.924. The van der Waals surface area contributed by atoms with E-state index in [0.717, 1.165) is 42.8 Å². The number of rotatable bonds is 4. The second-order valence-electron chi connectivity index (χ2n) is 6.93. The molecule has 1 unspecified atom stereocenters. The molecule has 6 heteroatoms. The van der Waals surface area contributed by atoms with Crippen LogP contribution in [0.25, 0.3) is 11.3 Å². The molecule has 1 aliphatic carbocycles. The van der Waals surface area contributed by atoms with E-state index < -0.39 is 5.97 Å². The fourth-order valence-corrected chi connectivity index (χ4v) is 3.51. The molecule has 6 nitrogen and oxygen atoms in total. The van der Waals surface area contributed by atoms with Crippen LogP contribution in [0.3, 0.4) is 0 Å². The van der Waals surface area contributed by atoms with Gasteiger partial charge in [0.05, 0.1) is 11.3 Å². The zero-order chi connectivity index (χ0) is 17.4. The molecule has 0 radical (unpaired) electrons. The molecule has 2 aromatic rings. The van der Waals surface area contributed by atoms with Crippen LogP contribution in [-0.2, 0) is 0 Å². The van der Waals surface area contributed by atoms with E-state index >= 15 is 0 Å². The van der Waals surface area contributed by atoms with Gasteiger partial charge in [-0.2, -0.15) is 0 Å². The van der Waals surface area contributed by atoms with E-state index in [9.17, 15) is 4.79 Å². The second-order valence-corrected chi connectivity index (χ2v) is 6.93. The highest BCUT2D eigenvalue weighted by Gasteiger charge is 2.34. The summed E-state index contributed by atoms with van der Waals surface area (Å²) < 4.78 is 0. The van der Waals surface area contributed by atoms with Crippen LogP contribution in [0, 0.1) is 0 Å². The SMILES string of the molecule is CC1CN(C2CC2)CCN1c1ccc(-c2ccc(C(=O)O)cc2)nn1. The molecule has 0 bridgehead atoms. The average Bonchev–Trinajstić information content (AvgIpc) is 3.47. The monoisotopic (exact) mass is 338 g/mol. The first kappa shape index (κ1) is 16.0. The second kappa shape index (κ2) is 6.44. The molecule has 1 saturated heterocycles. The highest BCUT2D eigenvalue weighted by molar-refractivity contribution is 5.88. The smallest absolute Gasteiger partial charge is 0.335 e. The number of carbonyl (C=O) groups is 1. The van der Waals surface area contributed by atoms with E-state index in [1.54, 1.807) is 24.3 Å². The molecule has 25 heavy (non-hydrogen) atoms. The number of aromatic carboxylic acids is 1. The molecule has 130 valence electrons. The zero-order valence-corrected chi connectivity index (χ0v) is 14.3. The number of hydrogen-bond donors (Lipinski definition) is 1. The third-order valence-corrected chi connectivity index (χ3v) is 5.09. The summed E-state index contributed by atoms with van der Waals surface area (Å²) in [5, 5.41) is 17.7. The topological polar surface area (TPSA) is 69.6 Å². The lowest BCUT2D eigenvalue weighted by Crippen LogP contribution is -2.52. The standard InChI is InChI=1S/C19H22N4O2/c1-13-12-22(16-6-7-16)10-11-23(13)18-9-8-17(20-21-18)14-2-4-15(5-3-14)19(24)25/h2-5,8-9,13,16H,6-7,10-12H2,1H3,(H,24,25). The number of nitrogens with zero attached hydrogens (tertiary/aromatic N) is 4.